The highest BCUT2D eigenvalue weighted by Crippen LogP contribution is 2.33. The fourth-order valence-corrected chi connectivity index (χ4v) is 3.91. The van der Waals surface area contributed by atoms with Crippen LogP contribution in [0.4, 0.5) is 0 Å². The normalized spacial score (nSPS) is 24.0. The summed E-state index contributed by atoms with van der Waals surface area (Å²) < 4.78 is 7.99. The van der Waals surface area contributed by atoms with Gasteiger partial charge in [0.1, 0.15) is 0 Å². The second-order valence-corrected chi connectivity index (χ2v) is 6.74. The second-order valence-electron chi connectivity index (χ2n) is 4.97. The molecule has 1 fully saturated rings. The molecular formula is C14H21Br2N3O. The minimum Gasteiger partial charge on any atom is -0.374 e. The van der Waals surface area contributed by atoms with Gasteiger partial charge in [0, 0.05) is 28.2 Å². The van der Waals surface area contributed by atoms with Crippen LogP contribution in [0, 0.1) is 0 Å². The molecule has 0 bridgehead atoms. The molecule has 2 heterocycles. The zero-order valence-corrected chi connectivity index (χ0v) is 15.1. The van der Waals surface area contributed by atoms with Crippen LogP contribution in [0.25, 0.3) is 0 Å². The average molecular weight is 407 g/mol. The van der Waals surface area contributed by atoms with Gasteiger partial charge in [0.25, 0.3) is 0 Å². The first-order valence-corrected chi connectivity index (χ1v) is 8.57. The van der Waals surface area contributed by atoms with Gasteiger partial charge in [-0.15, -0.1) is 0 Å². The van der Waals surface area contributed by atoms with E-state index in [1.54, 1.807) is 0 Å². The van der Waals surface area contributed by atoms with Gasteiger partial charge in [-0.25, -0.2) is 0 Å². The molecule has 4 nitrogen and oxygen atoms in total. The first-order valence-electron chi connectivity index (χ1n) is 6.98. The number of hydrogen-bond donors (Lipinski definition) is 1. The quantitative estimate of drug-likeness (QED) is 0.815. The van der Waals surface area contributed by atoms with Crippen LogP contribution in [-0.4, -0.2) is 49.3 Å². The maximum atomic E-state index is 5.97. The van der Waals surface area contributed by atoms with Crippen molar-refractivity contribution < 1.29 is 4.74 Å². The summed E-state index contributed by atoms with van der Waals surface area (Å²) >= 11 is 7.11. The maximum absolute atomic E-state index is 5.97. The minimum atomic E-state index is 0.130. The van der Waals surface area contributed by atoms with Gasteiger partial charge in [-0.3, -0.25) is 9.88 Å². The molecule has 1 N–H and O–H groups in total. The SMILES string of the molecule is CCCN1CCOC(CNC)C1c1ncc(Br)cc1Br. The number of hydrogen-bond acceptors (Lipinski definition) is 4. The molecule has 6 heteroatoms. The van der Waals surface area contributed by atoms with E-state index in [9.17, 15) is 0 Å². The summed E-state index contributed by atoms with van der Waals surface area (Å²) in [5.41, 5.74) is 1.06. The van der Waals surface area contributed by atoms with Gasteiger partial charge in [0.2, 0.25) is 0 Å². The lowest BCUT2D eigenvalue weighted by atomic mass is 10.0. The molecule has 0 radical (unpaired) electrons. The van der Waals surface area contributed by atoms with Crippen LogP contribution in [0.1, 0.15) is 25.1 Å². The first-order chi connectivity index (χ1) is 9.67. The number of nitrogens with zero attached hydrogens (tertiary/aromatic N) is 2. The zero-order valence-electron chi connectivity index (χ0n) is 11.9. The fraction of sp³-hybridized carbons (Fsp3) is 0.643. The Bertz CT molecular complexity index is 426. The summed E-state index contributed by atoms with van der Waals surface area (Å²) in [4.78, 5) is 7.10. The second kappa shape index (κ2) is 7.84. The molecule has 0 amide bonds. The van der Waals surface area contributed by atoms with Crippen molar-refractivity contribution in [3.8, 4) is 0 Å². The van der Waals surface area contributed by atoms with Crippen molar-refractivity contribution in [1.29, 1.82) is 0 Å². The lowest BCUT2D eigenvalue weighted by Crippen LogP contribution is -2.49. The van der Waals surface area contributed by atoms with Crippen LogP contribution in [0.5, 0.6) is 0 Å². The predicted molar refractivity (Wildman–Crippen MR) is 87.9 cm³/mol. The van der Waals surface area contributed by atoms with Crippen molar-refractivity contribution in [3.63, 3.8) is 0 Å². The number of morpholine rings is 1. The molecule has 2 unspecified atom stereocenters. The van der Waals surface area contributed by atoms with Crippen LogP contribution >= 0.6 is 31.9 Å². The van der Waals surface area contributed by atoms with Crippen molar-refractivity contribution >= 4 is 31.9 Å². The third-order valence-corrected chi connectivity index (χ3v) is 4.56. The molecule has 20 heavy (non-hydrogen) atoms. The molecule has 1 aromatic rings. The van der Waals surface area contributed by atoms with Crippen molar-refractivity contribution in [3.05, 3.63) is 26.9 Å². The molecule has 2 rings (SSSR count). The van der Waals surface area contributed by atoms with E-state index in [0.717, 1.165) is 47.3 Å². The number of aromatic nitrogens is 1. The Kier molecular flexibility index (Phi) is 6.42. The zero-order chi connectivity index (χ0) is 14.5. The van der Waals surface area contributed by atoms with Gasteiger partial charge in [-0.05, 0) is 57.9 Å². The van der Waals surface area contributed by atoms with E-state index in [0.29, 0.717) is 0 Å². The molecule has 1 saturated heterocycles. The van der Waals surface area contributed by atoms with Gasteiger partial charge < -0.3 is 10.1 Å². The van der Waals surface area contributed by atoms with E-state index in [-0.39, 0.29) is 12.1 Å². The van der Waals surface area contributed by atoms with Gasteiger partial charge in [-0.2, -0.15) is 0 Å². The fourth-order valence-electron chi connectivity index (χ4n) is 2.69. The Hall–Kier alpha value is -0.0100. The highest BCUT2D eigenvalue weighted by atomic mass is 79.9. The molecule has 0 spiro atoms. The summed E-state index contributed by atoms with van der Waals surface area (Å²) in [6, 6.07) is 2.25. The van der Waals surface area contributed by atoms with Crippen molar-refractivity contribution in [2.75, 3.05) is 33.3 Å². The smallest absolute Gasteiger partial charge is 0.0912 e. The van der Waals surface area contributed by atoms with E-state index in [1.807, 2.05) is 13.2 Å². The van der Waals surface area contributed by atoms with E-state index in [1.165, 1.54) is 0 Å². The highest BCUT2D eigenvalue weighted by Gasteiger charge is 2.34. The van der Waals surface area contributed by atoms with E-state index >= 15 is 0 Å². The molecule has 0 aliphatic carbocycles. The Morgan fingerprint density at radius 1 is 1.50 bits per heavy atom. The van der Waals surface area contributed by atoms with E-state index in [2.05, 4.69) is 60.1 Å². The van der Waals surface area contributed by atoms with Crippen LogP contribution in [0.2, 0.25) is 0 Å². The van der Waals surface area contributed by atoms with Crippen molar-refractivity contribution in [2.24, 2.45) is 0 Å². The molecule has 1 aliphatic rings. The Labute approximate surface area is 137 Å². The van der Waals surface area contributed by atoms with Gasteiger partial charge in [0.05, 0.1) is 24.4 Å². The van der Waals surface area contributed by atoms with E-state index < -0.39 is 0 Å². The van der Waals surface area contributed by atoms with Crippen molar-refractivity contribution in [1.82, 2.24) is 15.2 Å². The van der Waals surface area contributed by atoms with E-state index in [4.69, 9.17) is 4.74 Å². The third-order valence-electron chi connectivity index (χ3n) is 3.49. The van der Waals surface area contributed by atoms with Gasteiger partial charge in [-0.1, -0.05) is 6.92 Å². The predicted octanol–water partition coefficient (Wildman–Crippen LogP) is 2.98. The van der Waals surface area contributed by atoms with Crippen LogP contribution in [0.3, 0.4) is 0 Å². The largest absolute Gasteiger partial charge is 0.374 e. The maximum Gasteiger partial charge on any atom is 0.0912 e. The molecule has 112 valence electrons. The average Bonchev–Trinajstić information content (AvgIpc) is 2.41. The Balaban J connectivity index is 2.32. The Morgan fingerprint density at radius 2 is 2.30 bits per heavy atom. The summed E-state index contributed by atoms with van der Waals surface area (Å²) in [7, 11) is 1.96. The first kappa shape index (κ1) is 16.4. The van der Waals surface area contributed by atoms with Gasteiger partial charge >= 0.3 is 0 Å². The number of nitrogens with one attached hydrogen (secondary N) is 1. The lowest BCUT2D eigenvalue weighted by Gasteiger charge is -2.41. The monoisotopic (exact) mass is 405 g/mol. The standard InChI is InChI=1S/C14H21Br2N3O/c1-3-4-19-5-6-20-12(9-17-2)14(19)13-11(16)7-10(15)8-18-13/h7-8,12,14,17H,3-6,9H2,1-2H3. The summed E-state index contributed by atoms with van der Waals surface area (Å²) in [6.07, 6.45) is 3.12. The molecule has 1 aliphatic heterocycles. The topological polar surface area (TPSA) is 37.4 Å². The third kappa shape index (κ3) is 3.80. The van der Waals surface area contributed by atoms with Crippen molar-refractivity contribution in [2.45, 2.75) is 25.5 Å². The molecular weight excluding hydrogens is 386 g/mol. The minimum absolute atomic E-state index is 0.130. The van der Waals surface area contributed by atoms with Gasteiger partial charge in [0.15, 0.2) is 0 Å². The van der Waals surface area contributed by atoms with Crippen LogP contribution in [0.15, 0.2) is 21.2 Å². The summed E-state index contributed by atoms with van der Waals surface area (Å²) in [5, 5.41) is 3.23. The van der Waals surface area contributed by atoms with Crippen LogP contribution in [-0.2, 0) is 4.74 Å². The highest BCUT2D eigenvalue weighted by molar-refractivity contribution is 9.11. The number of likely N-dealkylation sites (N-methyl/N-ethyl adjacent to an activating group) is 1. The Morgan fingerprint density at radius 3 is 2.95 bits per heavy atom. The summed E-state index contributed by atoms with van der Waals surface area (Å²) in [5.74, 6) is 0. The molecule has 2 atom stereocenters. The number of pyridine rings is 1. The molecule has 1 aromatic heterocycles. The molecule has 0 aromatic carbocycles. The molecule has 0 saturated carbocycles. The lowest BCUT2D eigenvalue weighted by molar-refractivity contribution is -0.0720. The summed E-state index contributed by atoms with van der Waals surface area (Å²) in [6.45, 7) is 5.86. The number of halogens is 2. The number of ether oxygens (including phenoxy) is 1. The van der Waals surface area contributed by atoms with Crippen LogP contribution < -0.4 is 5.32 Å². The number of rotatable bonds is 5.